The van der Waals surface area contributed by atoms with Crippen LogP contribution in [0, 0.1) is 20.8 Å². The summed E-state index contributed by atoms with van der Waals surface area (Å²) in [5.74, 6) is 0.170. The van der Waals surface area contributed by atoms with E-state index in [1.807, 2.05) is 45.0 Å². The molecule has 0 aliphatic rings. The fraction of sp³-hybridized carbons (Fsp3) is 0.158. The Labute approximate surface area is 134 Å². The summed E-state index contributed by atoms with van der Waals surface area (Å²) >= 11 is 0. The number of nitrogens with zero attached hydrogens (tertiary/aromatic N) is 2. The standard InChI is InChI=1S/C19H18N2O2/c1-11-4-6-15-14(8-11)10-13(3)19(23)18(15)21-20-16-9-12(2)5-7-17(16)22/h4-10,22-23H,1-3H3/b21-20+. The lowest BCUT2D eigenvalue weighted by molar-refractivity contribution is 0.472. The minimum Gasteiger partial charge on any atom is -0.506 e. The van der Waals surface area contributed by atoms with Gasteiger partial charge in [-0.15, -0.1) is 10.2 Å². The van der Waals surface area contributed by atoms with E-state index in [9.17, 15) is 10.2 Å². The van der Waals surface area contributed by atoms with E-state index in [1.54, 1.807) is 18.2 Å². The lowest BCUT2D eigenvalue weighted by Gasteiger charge is -2.08. The number of hydrogen-bond acceptors (Lipinski definition) is 4. The molecule has 4 nitrogen and oxygen atoms in total. The molecule has 2 N–H and O–H groups in total. The van der Waals surface area contributed by atoms with Gasteiger partial charge in [0.2, 0.25) is 0 Å². The average molecular weight is 306 g/mol. The van der Waals surface area contributed by atoms with Gasteiger partial charge in [-0.1, -0.05) is 29.8 Å². The van der Waals surface area contributed by atoms with Gasteiger partial charge in [0.25, 0.3) is 0 Å². The molecule has 0 fully saturated rings. The van der Waals surface area contributed by atoms with Crippen molar-refractivity contribution < 1.29 is 10.2 Å². The van der Waals surface area contributed by atoms with Crippen molar-refractivity contribution >= 4 is 22.1 Å². The Kier molecular flexibility index (Phi) is 3.74. The normalized spacial score (nSPS) is 11.4. The van der Waals surface area contributed by atoms with Crippen LogP contribution in [0.15, 0.2) is 52.7 Å². The number of phenolic OH excluding ortho intramolecular Hbond substituents is 2. The predicted molar refractivity (Wildman–Crippen MR) is 92.1 cm³/mol. The first-order chi connectivity index (χ1) is 11.0. The molecule has 0 amide bonds. The Hall–Kier alpha value is -2.88. The van der Waals surface area contributed by atoms with E-state index in [0.29, 0.717) is 11.4 Å². The molecule has 3 aromatic carbocycles. The van der Waals surface area contributed by atoms with Gasteiger partial charge >= 0.3 is 0 Å². The van der Waals surface area contributed by atoms with E-state index in [0.717, 1.165) is 27.5 Å². The van der Waals surface area contributed by atoms with E-state index < -0.39 is 0 Å². The molecule has 0 bridgehead atoms. The second kappa shape index (κ2) is 5.72. The van der Waals surface area contributed by atoms with Crippen molar-refractivity contribution in [3.05, 3.63) is 59.2 Å². The first-order valence-electron chi connectivity index (χ1n) is 7.40. The number of aromatic hydroxyl groups is 2. The summed E-state index contributed by atoms with van der Waals surface area (Å²) in [4.78, 5) is 0. The molecule has 0 spiro atoms. The predicted octanol–water partition coefficient (Wildman–Crippen LogP) is 5.59. The van der Waals surface area contributed by atoms with Crippen molar-refractivity contribution in [3.63, 3.8) is 0 Å². The number of rotatable bonds is 2. The summed E-state index contributed by atoms with van der Waals surface area (Å²) in [6.45, 7) is 5.77. The third kappa shape index (κ3) is 2.88. The number of azo groups is 1. The molecule has 0 atom stereocenters. The molecule has 0 unspecified atom stereocenters. The fourth-order valence-electron chi connectivity index (χ4n) is 2.55. The van der Waals surface area contributed by atoms with Gasteiger partial charge in [-0.2, -0.15) is 0 Å². The minimum absolute atomic E-state index is 0.0617. The smallest absolute Gasteiger partial charge is 0.146 e. The highest BCUT2D eigenvalue weighted by Crippen LogP contribution is 2.40. The Bertz CT molecular complexity index is 930. The maximum absolute atomic E-state index is 10.4. The van der Waals surface area contributed by atoms with Crippen molar-refractivity contribution in [2.24, 2.45) is 10.2 Å². The molecule has 0 aliphatic heterocycles. The molecule has 23 heavy (non-hydrogen) atoms. The van der Waals surface area contributed by atoms with Crippen LogP contribution in [0.1, 0.15) is 16.7 Å². The molecule has 116 valence electrons. The molecular formula is C19H18N2O2. The molecule has 3 rings (SSSR count). The van der Waals surface area contributed by atoms with Crippen molar-refractivity contribution in [1.82, 2.24) is 0 Å². The molecule has 0 saturated carbocycles. The lowest BCUT2D eigenvalue weighted by Crippen LogP contribution is -1.82. The van der Waals surface area contributed by atoms with Crippen molar-refractivity contribution in [3.8, 4) is 11.5 Å². The number of fused-ring (bicyclic) bond motifs is 1. The highest BCUT2D eigenvalue weighted by atomic mass is 16.3. The van der Waals surface area contributed by atoms with E-state index in [4.69, 9.17) is 0 Å². The van der Waals surface area contributed by atoms with Gasteiger partial charge < -0.3 is 10.2 Å². The van der Waals surface area contributed by atoms with Crippen LogP contribution in [0.3, 0.4) is 0 Å². The number of benzene rings is 3. The van der Waals surface area contributed by atoms with Crippen LogP contribution < -0.4 is 0 Å². The van der Waals surface area contributed by atoms with Gasteiger partial charge in [0.15, 0.2) is 0 Å². The Balaban J connectivity index is 2.17. The fourth-order valence-corrected chi connectivity index (χ4v) is 2.55. The molecule has 0 aromatic heterocycles. The van der Waals surface area contributed by atoms with E-state index >= 15 is 0 Å². The average Bonchev–Trinajstić information content (AvgIpc) is 2.51. The van der Waals surface area contributed by atoms with Gasteiger partial charge in [0.05, 0.1) is 0 Å². The Morgan fingerprint density at radius 3 is 2.26 bits per heavy atom. The zero-order valence-corrected chi connectivity index (χ0v) is 13.3. The molecule has 3 aromatic rings. The van der Waals surface area contributed by atoms with Crippen LogP contribution in [0.25, 0.3) is 10.8 Å². The second-order valence-corrected chi connectivity index (χ2v) is 5.81. The first kappa shape index (κ1) is 15.0. The quantitative estimate of drug-likeness (QED) is 0.606. The molecule has 0 saturated heterocycles. The lowest BCUT2D eigenvalue weighted by atomic mass is 10.0. The van der Waals surface area contributed by atoms with Crippen molar-refractivity contribution in [2.75, 3.05) is 0 Å². The molecule has 0 aliphatic carbocycles. The highest BCUT2D eigenvalue weighted by Gasteiger charge is 2.11. The van der Waals surface area contributed by atoms with Crippen LogP contribution >= 0.6 is 0 Å². The second-order valence-electron chi connectivity index (χ2n) is 5.81. The highest BCUT2D eigenvalue weighted by molar-refractivity contribution is 5.96. The molecule has 0 radical (unpaired) electrons. The molecular weight excluding hydrogens is 288 g/mol. The Morgan fingerprint density at radius 1 is 0.783 bits per heavy atom. The monoisotopic (exact) mass is 306 g/mol. The van der Waals surface area contributed by atoms with Crippen LogP contribution in [0.4, 0.5) is 11.4 Å². The summed E-state index contributed by atoms with van der Waals surface area (Å²) in [6, 6.07) is 13.0. The molecule has 4 heteroatoms. The van der Waals surface area contributed by atoms with Gasteiger partial charge in [-0.3, -0.25) is 0 Å². The summed E-state index contributed by atoms with van der Waals surface area (Å²) in [7, 11) is 0. The summed E-state index contributed by atoms with van der Waals surface area (Å²) in [5, 5.41) is 30.4. The minimum atomic E-state index is 0.0617. The van der Waals surface area contributed by atoms with E-state index in [1.165, 1.54) is 0 Å². The van der Waals surface area contributed by atoms with Gasteiger partial charge in [-0.05, 0) is 55.5 Å². The SMILES string of the molecule is Cc1ccc(O)c(/N=N/c2c(O)c(C)cc3cc(C)ccc23)c1. The van der Waals surface area contributed by atoms with Gasteiger partial charge in [-0.25, -0.2) is 0 Å². The topological polar surface area (TPSA) is 65.2 Å². The van der Waals surface area contributed by atoms with Gasteiger partial charge in [0, 0.05) is 5.39 Å². The summed E-state index contributed by atoms with van der Waals surface area (Å²) in [6.07, 6.45) is 0. The molecule has 0 heterocycles. The van der Waals surface area contributed by atoms with Crippen LogP contribution in [0.2, 0.25) is 0 Å². The first-order valence-corrected chi connectivity index (χ1v) is 7.40. The van der Waals surface area contributed by atoms with Gasteiger partial charge in [0.1, 0.15) is 22.9 Å². The maximum atomic E-state index is 10.4. The van der Waals surface area contributed by atoms with Crippen LogP contribution in [0.5, 0.6) is 11.5 Å². The van der Waals surface area contributed by atoms with Crippen molar-refractivity contribution in [1.29, 1.82) is 0 Å². The van der Waals surface area contributed by atoms with E-state index in [-0.39, 0.29) is 11.5 Å². The Morgan fingerprint density at radius 2 is 1.48 bits per heavy atom. The maximum Gasteiger partial charge on any atom is 0.146 e. The third-order valence-corrected chi connectivity index (χ3v) is 3.82. The number of hydrogen-bond donors (Lipinski definition) is 2. The summed E-state index contributed by atoms with van der Waals surface area (Å²) in [5.41, 5.74) is 3.66. The van der Waals surface area contributed by atoms with Crippen LogP contribution in [-0.4, -0.2) is 10.2 Å². The number of aryl methyl sites for hydroxylation is 3. The van der Waals surface area contributed by atoms with Crippen LogP contribution in [-0.2, 0) is 0 Å². The largest absolute Gasteiger partial charge is 0.506 e. The summed E-state index contributed by atoms with van der Waals surface area (Å²) < 4.78 is 0. The van der Waals surface area contributed by atoms with E-state index in [2.05, 4.69) is 10.2 Å². The van der Waals surface area contributed by atoms with Crippen molar-refractivity contribution in [2.45, 2.75) is 20.8 Å². The third-order valence-electron chi connectivity index (χ3n) is 3.82. The zero-order chi connectivity index (χ0) is 16.6. The number of phenols is 2. The zero-order valence-electron chi connectivity index (χ0n) is 13.3.